The van der Waals surface area contributed by atoms with Gasteiger partial charge in [0.05, 0.1) is 9.17 Å². The largest absolute Gasteiger partial charge is 0.459 e. The molecular formula is C21H23BrN2O4S. The zero-order valence-electron chi connectivity index (χ0n) is 16.8. The summed E-state index contributed by atoms with van der Waals surface area (Å²) in [6.45, 7) is 7.05. The lowest BCUT2D eigenvalue weighted by Crippen LogP contribution is -2.42. The molecule has 0 fully saturated rings. The van der Waals surface area contributed by atoms with Gasteiger partial charge < -0.3 is 4.74 Å². The van der Waals surface area contributed by atoms with Crippen LogP contribution in [0.4, 0.5) is 0 Å². The standard InChI is InChI=1S/C21H23BrN2O4S/c1-13-16-18(26)24(12-15(25)28-21(2,3)4)20(27)23(19(16)29-17(13)22)11-10-14-8-6-5-7-9-14/h5-9H,10-12H2,1-4H3. The first-order valence-electron chi connectivity index (χ1n) is 9.26. The number of hydrogen-bond donors (Lipinski definition) is 0. The Labute approximate surface area is 180 Å². The van der Waals surface area contributed by atoms with Crippen molar-refractivity contribution in [1.29, 1.82) is 0 Å². The molecule has 0 unspecified atom stereocenters. The molecule has 8 heteroatoms. The Morgan fingerprint density at radius 1 is 1.14 bits per heavy atom. The van der Waals surface area contributed by atoms with E-state index in [0.29, 0.717) is 23.2 Å². The fraction of sp³-hybridized carbons (Fsp3) is 0.381. The number of rotatable bonds is 5. The molecular weight excluding hydrogens is 456 g/mol. The van der Waals surface area contributed by atoms with E-state index in [1.54, 1.807) is 25.3 Å². The van der Waals surface area contributed by atoms with Crippen molar-refractivity contribution >= 4 is 43.5 Å². The molecule has 6 nitrogen and oxygen atoms in total. The number of carbonyl (C=O) groups is 1. The third kappa shape index (κ3) is 4.70. The number of ether oxygens (including phenoxy) is 1. The summed E-state index contributed by atoms with van der Waals surface area (Å²) < 4.78 is 8.67. The average molecular weight is 479 g/mol. The van der Waals surface area contributed by atoms with Crippen LogP contribution >= 0.6 is 27.3 Å². The van der Waals surface area contributed by atoms with Gasteiger partial charge in [-0.2, -0.15) is 0 Å². The first-order chi connectivity index (χ1) is 13.6. The number of halogens is 1. The molecule has 2 heterocycles. The molecule has 0 aliphatic heterocycles. The van der Waals surface area contributed by atoms with E-state index in [4.69, 9.17) is 4.74 Å². The second-order valence-electron chi connectivity index (χ2n) is 7.83. The van der Waals surface area contributed by atoms with Crippen LogP contribution in [0.1, 0.15) is 31.9 Å². The second kappa shape index (κ2) is 8.28. The van der Waals surface area contributed by atoms with E-state index in [0.717, 1.165) is 19.5 Å². The summed E-state index contributed by atoms with van der Waals surface area (Å²) in [4.78, 5) is 39.1. The Hall–Kier alpha value is -2.19. The van der Waals surface area contributed by atoms with Crippen LogP contribution < -0.4 is 11.2 Å². The molecule has 3 aromatic rings. The maximum absolute atomic E-state index is 13.2. The minimum absolute atomic E-state index is 0.403. The van der Waals surface area contributed by atoms with Crippen molar-refractivity contribution in [3.8, 4) is 0 Å². The summed E-state index contributed by atoms with van der Waals surface area (Å²) in [5, 5.41) is 0.457. The molecule has 2 aromatic heterocycles. The topological polar surface area (TPSA) is 70.3 Å². The van der Waals surface area contributed by atoms with Crippen molar-refractivity contribution in [2.24, 2.45) is 0 Å². The first kappa shape index (κ1) is 21.5. The summed E-state index contributed by atoms with van der Waals surface area (Å²) >= 11 is 4.83. The zero-order chi connectivity index (χ0) is 21.3. The predicted molar refractivity (Wildman–Crippen MR) is 119 cm³/mol. The van der Waals surface area contributed by atoms with Crippen LogP contribution in [0, 0.1) is 6.92 Å². The second-order valence-corrected chi connectivity index (χ2v) is 10.1. The number of fused-ring (bicyclic) bond motifs is 1. The van der Waals surface area contributed by atoms with E-state index in [-0.39, 0.29) is 0 Å². The van der Waals surface area contributed by atoms with Crippen molar-refractivity contribution in [1.82, 2.24) is 9.13 Å². The Balaban J connectivity index is 2.09. The van der Waals surface area contributed by atoms with Gasteiger partial charge in [0.2, 0.25) is 0 Å². The number of aryl methyl sites for hydroxylation is 3. The Morgan fingerprint density at radius 3 is 2.41 bits per heavy atom. The lowest BCUT2D eigenvalue weighted by Gasteiger charge is -2.20. The van der Waals surface area contributed by atoms with E-state index in [1.165, 1.54) is 11.3 Å². The number of esters is 1. The lowest BCUT2D eigenvalue weighted by molar-refractivity contribution is -0.155. The van der Waals surface area contributed by atoms with Crippen LogP contribution in [0.2, 0.25) is 0 Å². The molecule has 29 heavy (non-hydrogen) atoms. The van der Waals surface area contributed by atoms with E-state index < -0.39 is 29.4 Å². The molecule has 0 aliphatic rings. The predicted octanol–water partition coefficient (Wildman–Crippen LogP) is 3.88. The molecule has 0 aliphatic carbocycles. The Kier molecular flexibility index (Phi) is 6.14. The quantitative estimate of drug-likeness (QED) is 0.521. The first-order valence-corrected chi connectivity index (χ1v) is 10.9. The fourth-order valence-corrected chi connectivity index (χ4v) is 4.80. The molecule has 0 bridgehead atoms. The van der Waals surface area contributed by atoms with Crippen LogP contribution in [0.15, 0.2) is 43.7 Å². The number of carbonyl (C=O) groups excluding carboxylic acids is 1. The number of thiophene rings is 1. The van der Waals surface area contributed by atoms with Gasteiger partial charge in [0, 0.05) is 6.54 Å². The minimum atomic E-state index is -0.696. The number of benzene rings is 1. The van der Waals surface area contributed by atoms with Crippen molar-refractivity contribution in [2.75, 3.05) is 0 Å². The molecule has 0 spiro atoms. The van der Waals surface area contributed by atoms with E-state index in [9.17, 15) is 14.4 Å². The number of aromatic nitrogens is 2. The molecule has 1 aromatic carbocycles. The Bertz CT molecular complexity index is 1170. The van der Waals surface area contributed by atoms with Crippen molar-refractivity contribution < 1.29 is 9.53 Å². The third-order valence-electron chi connectivity index (χ3n) is 4.41. The smallest absolute Gasteiger partial charge is 0.332 e. The van der Waals surface area contributed by atoms with Crippen molar-refractivity contribution in [3.05, 3.63) is 66.1 Å². The lowest BCUT2D eigenvalue weighted by atomic mass is 10.1. The van der Waals surface area contributed by atoms with E-state index in [1.807, 2.05) is 37.3 Å². The van der Waals surface area contributed by atoms with Gasteiger partial charge >= 0.3 is 11.7 Å². The third-order valence-corrected chi connectivity index (χ3v) is 6.59. The van der Waals surface area contributed by atoms with E-state index in [2.05, 4.69) is 15.9 Å². The SMILES string of the molecule is Cc1c(Br)sc2c1c(=O)n(CC(=O)OC(C)(C)C)c(=O)n2CCc1ccccc1. The molecule has 0 saturated carbocycles. The van der Waals surface area contributed by atoms with Crippen molar-refractivity contribution in [3.63, 3.8) is 0 Å². The van der Waals surface area contributed by atoms with Crippen molar-refractivity contribution in [2.45, 2.75) is 52.8 Å². The molecule has 3 rings (SSSR count). The van der Waals surface area contributed by atoms with Gasteiger partial charge in [-0.3, -0.25) is 14.2 Å². The monoisotopic (exact) mass is 478 g/mol. The molecule has 0 N–H and O–H groups in total. The molecule has 154 valence electrons. The Morgan fingerprint density at radius 2 is 1.79 bits per heavy atom. The highest BCUT2D eigenvalue weighted by atomic mass is 79.9. The van der Waals surface area contributed by atoms with Gasteiger partial charge in [-0.25, -0.2) is 9.36 Å². The van der Waals surface area contributed by atoms with Crippen LogP contribution in [-0.4, -0.2) is 20.7 Å². The molecule has 0 amide bonds. The number of hydrogen-bond acceptors (Lipinski definition) is 5. The molecule has 0 saturated heterocycles. The van der Waals surface area contributed by atoms with Gasteiger partial charge in [-0.15, -0.1) is 11.3 Å². The van der Waals surface area contributed by atoms with Gasteiger partial charge in [-0.1, -0.05) is 30.3 Å². The summed E-state index contributed by atoms with van der Waals surface area (Å²) in [7, 11) is 0. The summed E-state index contributed by atoms with van der Waals surface area (Å²) in [6, 6.07) is 9.82. The van der Waals surface area contributed by atoms with Crippen LogP contribution in [0.5, 0.6) is 0 Å². The molecule has 0 atom stereocenters. The summed E-state index contributed by atoms with van der Waals surface area (Å²) in [5.74, 6) is -0.613. The maximum Gasteiger partial charge on any atom is 0.332 e. The minimum Gasteiger partial charge on any atom is -0.459 e. The van der Waals surface area contributed by atoms with Gasteiger partial charge in [0.15, 0.2) is 0 Å². The van der Waals surface area contributed by atoms with E-state index >= 15 is 0 Å². The zero-order valence-corrected chi connectivity index (χ0v) is 19.2. The fourth-order valence-electron chi connectivity index (χ4n) is 3.09. The highest BCUT2D eigenvalue weighted by Gasteiger charge is 2.23. The van der Waals surface area contributed by atoms with Crippen LogP contribution in [-0.2, 0) is 29.0 Å². The maximum atomic E-state index is 13.2. The highest BCUT2D eigenvalue weighted by Crippen LogP contribution is 2.32. The van der Waals surface area contributed by atoms with Crippen LogP contribution in [0.25, 0.3) is 10.2 Å². The normalized spacial score (nSPS) is 11.8. The van der Waals surface area contributed by atoms with Gasteiger partial charge in [0.25, 0.3) is 5.56 Å². The number of nitrogens with zero attached hydrogens (tertiary/aromatic N) is 2. The summed E-state index contributed by atoms with van der Waals surface area (Å²) in [5.41, 5.74) is 0.189. The highest BCUT2D eigenvalue weighted by molar-refractivity contribution is 9.11. The average Bonchev–Trinajstić information content (AvgIpc) is 2.93. The van der Waals surface area contributed by atoms with Gasteiger partial charge in [0.1, 0.15) is 17.0 Å². The van der Waals surface area contributed by atoms with Gasteiger partial charge in [-0.05, 0) is 61.2 Å². The van der Waals surface area contributed by atoms with Crippen LogP contribution in [0.3, 0.4) is 0 Å². The molecule has 0 radical (unpaired) electrons. The summed E-state index contributed by atoms with van der Waals surface area (Å²) in [6.07, 6.45) is 0.634.